The van der Waals surface area contributed by atoms with Gasteiger partial charge >= 0.3 is 0 Å². The zero-order chi connectivity index (χ0) is 9.14. The largest absolute Gasteiger partial charge is 0.245 e. The molecule has 0 aliphatic heterocycles. The molecule has 0 radical (unpaired) electrons. The molecule has 0 spiro atoms. The van der Waals surface area contributed by atoms with Gasteiger partial charge in [0.15, 0.2) is 0 Å². The summed E-state index contributed by atoms with van der Waals surface area (Å²) in [4.78, 5) is 0. The predicted octanol–water partition coefficient (Wildman–Crippen LogP) is 2.48. The lowest BCUT2D eigenvalue weighted by molar-refractivity contribution is 1.03. The lowest BCUT2D eigenvalue weighted by atomic mass is 10.5. The summed E-state index contributed by atoms with van der Waals surface area (Å²) < 4.78 is 0. The van der Waals surface area contributed by atoms with Gasteiger partial charge in [-0.05, 0) is 39.5 Å². The standard InChI is InChI=1S/C11H14P/c1-9(2)12(10(3)4)11-7-5-6-8-11/h9-10H,1-4H3/q+1. The van der Waals surface area contributed by atoms with Crippen LogP contribution in [-0.2, 0) is 0 Å². The highest BCUT2D eigenvalue weighted by Crippen LogP contribution is 2.36. The van der Waals surface area contributed by atoms with Crippen molar-refractivity contribution in [2.45, 2.75) is 39.0 Å². The third kappa shape index (κ3) is 1.91. The molecular formula is C11H14P+. The Kier molecular flexibility index (Phi) is 2.97. The van der Waals surface area contributed by atoms with Crippen LogP contribution >= 0.6 is 7.55 Å². The summed E-state index contributed by atoms with van der Waals surface area (Å²) in [7, 11) is -0.110. The maximum absolute atomic E-state index is 3.09. The highest BCUT2D eigenvalue weighted by atomic mass is 31.1. The molecule has 0 heterocycles. The molecule has 0 bridgehead atoms. The van der Waals surface area contributed by atoms with Gasteiger partial charge in [0.05, 0.1) is 0 Å². The molecule has 0 unspecified atom stereocenters. The van der Waals surface area contributed by atoms with E-state index in [0.717, 1.165) is 0 Å². The van der Waals surface area contributed by atoms with Crippen LogP contribution in [0.5, 0.6) is 0 Å². The molecule has 1 aliphatic rings. The first-order valence-electron chi connectivity index (χ1n) is 4.30. The summed E-state index contributed by atoms with van der Waals surface area (Å²) in [6.45, 7) is 9.06. The van der Waals surface area contributed by atoms with Gasteiger partial charge in [-0.25, -0.2) is 0 Å². The molecule has 0 fully saturated rings. The molecule has 1 heteroatoms. The molecule has 0 amide bonds. The van der Waals surface area contributed by atoms with E-state index in [4.69, 9.17) is 0 Å². The summed E-state index contributed by atoms with van der Waals surface area (Å²) in [5.74, 6) is 11.8. The fourth-order valence-electron chi connectivity index (χ4n) is 1.45. The van der Waals surface area contributed by atoms with Crippen LogP contribution in [0.15, 0.2) is 0 Å². The monoisotopic (exact) mass is 177 g/mol. The van der Waals surface area contributed by atoms with Gasteiger partial charge in [-0.15, -0.1) is 0 Å². The van der Waals surface area contributed by atoms with Gasteiger partial charge < -0.3 is 0 Å². The van der Waals surface area contributed by atoms with Gasteiger partial charge in [0.2, 0.25) is 5.29 Å². The third-order valence-corrected chi connectivity index (χ3v) is 4.76. The Balaban J connectivity index is 3.06. The molecule has 12 heavy (non-hydrogen) atoms. The maximum atomic E-state index is 3.09. The van der Waals surface area contributed by atoms with Crippen LogP contribution < -0.4 is 0 Å². The average Bonchev–Trinajstić information content (AvgIpc) is 2.37. The fraction of sp³-hybridized carbons (Fsp3) is 0.545. The summed E-state index contributed by atoms with van der Waals surface area (Å²) in [5.41, 5.74) is 1.41. The average molecular weight is 177 g/mol. The molecule has 0 aromatic rings. The summed E-state index contributed by atoms with van der Waals surface area (Å²) in [5, 5.41) is 1.20. The topological polar surface area (TPSA) is 0 Å². The molecule has 0 aromatic heterocycles. The van der Waals surface area contributed by atoms with Crippen LogP contribution in [0.3, 0.4) is 0 Å². The highest BCUT2D eigenvalue weighted by molar-refractivity contribution is 7.61. The van der Waals surface area contributed by atoms with Crippen molar-refractivity contribution in [2.75, 3.05) is 0 Å². The number of hydrogen-bond donors (Lipinski definition) is 0. The molecule has 0 atom stereocenters. The smallest absolute Gasteiger partial charge is 0.0216 e. The molecule has 0 N–H and O–H groups in total. The Bertz CT molecular complexity index is 291. The Labute approximate surface area is 76.1 Å². The van der Waals surface area contributed by atoms with Gasteiger partial charge in [0.25, 0.3) is 0 Å². The second-order valence-electron chi connectivity index (χ2n) is 3.44. The third-order valence-electron chi connectivity index (χ3n) is 1.80. The molecule has 0 nitrogen and oxygen atoms in total. The van der Waals surface area contributed by atoms with Gasteiger partial charge in [-0.1, -0.05) is 0 Å². The van der Waals surface area contributed by atoms with Crippen LogP contribution in [0.4, 0.5) is 0 Å². The summed E-state index contributed by atoms with van der Waals surface area (Å²) >= 11 is 0. The highest BCUT2D eigenvalue weighted by Gasteiger charge is 2.25. The minimum atomic E-state index is -0.110. The van der Waals surface area contributed by atoms with Crippen LogP contribution in [0.1, 0.15) is 27.7 Å². The molecule has 1 aliphatic carbocycles. The van der Waals surface area contributed by atoms with E-state index in [1.165, 1.54) is 5.29 Å². The van der Waals surface area contributed by atoms with E-state index >= 15 is 0 Å². The molecule has 1 rings (SSSR count). The van der Waals surface area contributed by atoms with Crippen molar-refractivity contribution in [3.05, 3.63) is 0 Å². The van der Waals surface area contributed by atoms with E-state index in [0.29, 0.717) is 11.3 Å². The lowest BCUT2D eigenvalue weighted by Gasteiger charge is -2.03. The molecule has 0 saturated heterocycles. The van der Waals surface area contributed by atoms with Gasteiger partial charge in [0, 0.05) is 11.8 Å². The van der Waals surface area contributed by atoms with E-state index in [2.05, 4.69) is 51.4 Å². The summed E-state index contributed by atoms with van der Waals surface area (Å²) in [6, 6.07) is 0. The predicted molar refractivity (Wildman–Crippen MR) is 57.8 cm³/mol. The minimum Gasteiger partial charge on any atom is -0.0216 e. The van der Waals surface area contributed by atoms with Crippen molar-refractivity contribution in [3.63, 3.8) is 0 Å². The maximum Gasteiger partial charge on any atom is 0.245 e. The molecular weight excluding hydrogens is 163 g/mol. The summed E-state index contributed by atoms with van der Waals surface area (Å²) in [6.07, 6.45) is 0. The Morgan fingerprint density at radius 1 is 0.917 bits per heavy atom. The Morgan fingerprint density at radius 3 is 1.67 bits per heavy atom. The van der Waals surface area contributed by atoms with Crippen molar-refractivity contribution in [2.24, 2.45) is 0 Å². The van der Waals surface area contributed by atoms with Crippen molar-refractivity contribution in [1.82, 2.24) is 0 Å². The van der Waals surface area contributed by atoms with Crippen LogP contribution in [0.2, 0.25) is 0 Å². The van der Waals surface area contributed by atoms with Crippen LogP contribution in [0, 0.1) is 23.7 Å². The van der Waals surface area contributed by atoms with Crippen LogP contribution in [-0.4, -0.2) is 16.6 Å². The van der Waals surface area contributed by atoms with Crippen LogP contribution in [0.25, 0.3) is 0 Å². The normalized spacial score (nSPS) is 12.7. The second-order valence-corrected chi connectivity index (χ2v) is 6.77. The van der Waals surface area contributed by atoms with Crippen molar-refractivity contribution in [1.29, 1.82) is 0 Å². The first kappa shape index (κ1) is 9.38. The van der Waals surface area contributed by atoms with E-state index in [1.54, 1.807) is 0 Å². The zero-order valence-electron chi connectivity index (χ0n) is 8.10. The van der Waals surface area contributed by atoms with E-state index in [9.17, 15) is 0 Å². The van der Waals surface area contributed by atoms with E-state index < -0.39 is 0 Å². The van der Waals surface area contributed by atoms with Crippen molar-refractivity contribution < 1.29 is 0 Å². The zero-order valence-corrected chi connectivity index (χ0v) is 9.00. The molecule has 0 aromatic carbocycles. The quantitative estimate of drug-likeness (QED) is 0.449. The fourth-order valence-corrected chi connectivity index (χ4v) is 4.05. The van der Waals surface area contributed by atoms with Gasteiger partial charge in [0.1, 0.15) is 18.9 Å². The Hall–Kier alpha value is -0.710. The first-order valence-corrected chi connectivity index (χ1v) is 5.78. The Morgan fingerprint density at radius 2 is 1.33 bits per heavy atom. The SMILES string of the molecule is CC(C)[P+](=C1C#CC#C1)C(C)C. The van der Waals surface area contributed by atoms with E-state index in [1.807, 2.05) is 0 Å². The van der Waals surface area contributed by atoms with E-state index in [-0.39, 0.29) is 7.55 Å². The molecule has 62 valence electrons. The second kappa shape index (κ2) is 3.80. The molecule has 0 saturated carbocycles. The number of rotatable bonds is 2. The van der Waals surface area contributed by atoms with Gasteiger partial charge in [-0.2, -0.15) is 0 Å². The number of hydrogen-bond acceptors (Lipinski definition) is 0. The van der Waals surface area contributed by atoms with Gasteiger partial charge in [-0.3, -0.25) is 0 Å². The first-order chi connectivity index (χ1) is 5.63. The van der Waals surface area contributed by atoms with Crippen molar-refractivity contribution in [3.8, 4) is 23.7 Å². The van der Waals surface area contributed by atoms with Crippen molar-refractivity contribution >= 4 is 12.8 Å². The lowest BCUT2D eigenvalue weighted by Crippen LogP contribution is -2.03. The minimum absolute atomic E-state index is 0.110.